The molecule has 0 saturated heterocycles. The highest BCUT2D eigenvalue weighted by atomic mass is 16.5. The van der Waals surface area contributed by atoms with Crippen molar-refractivity contribution in [2.24, 2.45) is 5.41 Å². The smallest absolute Gasteiger partial charge is 0.164 e. The average Bonchev–Trinajstić information content (AvgIpc) is 2.73. The zero-order valence-corrected chi connectivity index (χ0v) is 18.2. The molecule has 0 aromatic heterocycles. The van der Waals surface area contributed by atoms with Gasteiger partial charge >= 0.3 is 0 Å². The number of phenolic OH excluding ortho intramolecular Hbond substituents is 1. The molecule has 1 heterocycles. The first-order valence-electron chi connectivity index (χ1n) is 10.9. The quantitative estimate of drug-likeness (QED) is 0.532. The summed E-state index contributed by atoms with van der Waals surface area (Å²) in [6, 6.07) is 17.8. The summed E-state index contributed by atoms with van der Waals surface area (Å²) in [7, 11) is 0. The van der Waals surface area contributed by atoms with Gasteiger partial charge in [-0.3, -0.25) is 4.79 Å². The fourth-order valence-electron chi connectivity index (χ4n) is 5.08. The number of ketones is 1. The van der Waals surface area contributed by atoms with Crippen molar-refractivity contribution < 1.29 is 14.6 Å². The second-order valence-electron chi connectivity index (χ2n) is 9.29. The summed E-state index contributed by atoms with van der Waals surface area (Å²) in [4.78, 5) is 13.5. The molecule has 0 spiro atoms. The van der Waals surface area contributed by atoms with Crippen LogP contribution in [0, 0.1) is 5.41 Å². The number of nitrogens with one attached hydrogen (secondary N) is 1. The van der Waals surface area contributed by atoms with E-state index in [9.17, 15) is 9.90 Å². The van der Waals surface area contributed by atoms with Gasteiger partial charge in [0.25, 0.3) is 0 Å². The van der Waals surface area contributed by atoms with Crippen molar-refractivity contribution in [1.82, 2.24) is 0 Å². The van der Waals surface area contributed by atoms with Crippen molar-refractivity contribution in [2.75, 3.05) is 11.9 Å². The topological polar surface area (TPSA) is 58.6 Å². The predicted octanol–water partition coefficient (Wildman–Crippen LogP) is 6.25. The van der Waals surface area contributed by atoms with Gasteiger partial charge in [0, 0.05) is 23.2 Å². The molecule has 31 heavy (non-hydrogen) atoms. The molecule has 158 valence electrons. The van der Waals surface area contributed by atoms with Gasteiger partial charge in [-0.05, 0) is 58.9 Å². The number of aromatic hydroxyl groups is 1. The van der Waals surface area contributed by atoms with Crippen molar-refractivity contribution in [2.45, 2.75) is 39.7 Å². The second kappa shape index (κ2) is 7.16. The highest BCUT2D eigenvalue weighted by Gasteiger charge is 2.40. The van der Waals surface area contributed by atoms with Gasteiger partial charge in [0.2, 0.25) is 0 Å². The van der Waals surface area contributed by atoms with Crippen molar-refractivity contribution >= 4 is 27.8 Å². The number of phenols is 1. The van der Waals surface area contributed by atoms with Gasteiger partial charge in [-0.15, -0.1) is 0 Å². The Labute approximate surface area is 182 Å². The van der Waals surface area contributed by atoms with Crippen LogP contribution in [-0.4, -0.2) is 17.5 Å². The number of anilines is 1. The number of hydrogen-bond donors (Lipinski definition) is 2. The maximum atomic E-state index is 13.5. The summed E-state index contributed by atoms with van der Waals surface area (Å²) >= 11 is 0. The van der Waals surface area contributed by atoms with Gasteiger partial charge in [0.1, 0.15) is 0 Å². The van der Waals surface area contributed by atoms with Crippen LogP contribution in [0.3, 0.4) is 0 Å². The molecule has 3 aromatic rings. The fourth-order valence-corrected chi connectivity index (χ4v) is 5.08. The highest BCUT2D eigenvalue weighted by molar-refractivity contribution is 6.28. The Hall–Kier alpha value is -3.27. The molecule has 4 heteroatoms. The van der Waals surface area contributed by atoms with E-state index in [0.717, 1.165) is 45.2 Å². The van der Waals surface area contributed by atoms with E-state index in [1.807, 2.05) is 31.2 Å². The van der Waals surface area contributed by atoms with E-state index >= 15 is 0 Å². The predicted molar refractivity (Wildman–Crippen MR) is 125 cm³/mol. The first-order chi connectivity index (χ1) is 14.9. The molecule has 3 aromatic carbocycles. The van der Waals surface area contributed by atoms with E-state index in [-0.39, 0.29) is 23.0 Å². The van der Waals surface area contributed by atoms with Crippen LogP contribution in [0.15, 0.2) is 60.2 Å². The molecule has 2 aliphatic rings. The Morgan fingerprint density at radius 1 is 1.10 bits per heavy atom. The molecule has 1 aliphatic heterocycles. The van der Waals surface area contributed by atoms with Crippen molar-refractivity contribution in [1.29, 1.82) is 0 Å². The number of benzene rings is 3. The number of allylic oxidation sites excluding steroid dienone is 1. The van der Waals surface area contributed by atoms with E-state index in [4.69, 9.17) is 4.74 Å². The summed E-state index contributed by atoms with van der Waals surface area (Å²) < 4.78 is 5.63. The minimum Gasteiger partial charge on any atom is -0.504 e. The van der Waals surface area contributed by atoms with Crippen LogP contribution in [0.1, 0.15) is 50.8 Å². The summed E-state index contributed by atoms with van der Waals surface area (Å²) in [6.07, 6.45) is 1.38. The summed E-state index contributed by atoms with van der Waals surface area (Å²) in [5.41, 5.74) is 4.87. The zero-order chi connectivity index (χ0) is 21.8. The molecule has 0 saturated carbocycles. The molecule has 4 nitrogen and oxygen atoms in total. The first-order valence-corrected chi connectivity index (χ1v) is 10.9. The molecule has 1 aliphatic carbocycles. The number of carbonyl (C=O) groups is 1. The number of carbonyl (C=O) groups excluding carboxylic acids is 1. The van der Waals surface area contributed by atoms with Gasteiger partial charge in [-0.2, -0.15) is 0 Å². The number of hydrogen-bond acceptors (Lipinski definition) is 4. The molecule has 0 unspecified atom stereocenters. The highest BCUT2D eigenvalue weighted by Crippen LogP contribution is 2.52. The lowest BCUT2D eigenvalue weighted by Gasteiger charge is -2.40. The lowest BCUT2D eigenvalue weighted by molar-refractivity contribution is -0.116. The number of Topliss-reactive ketones (excluding diaryl/α,β-unsaturated/α-hetero) is 1. The third-order valence-corrected chi connectivity index (χ3v) is 6.35. The van der Waals surface area contributed by atoms with Crippen LogP contribution in [0.5, 0.6) is 11.5 Å². The maximum absolute atomic E-state index is 13.5. The van der Waals surface area contributed by atoms with Crippen LogP contribution in [0.2, 0.25) is 0 Å². The van der Waals surface area contributed by atoms with Gasteiger partial charge in [0.15, 0.2) is 17.3 Å². The van der Waals surface area contributed by atoms with Crippen molar-refractivity contribution in [3.05, 3.63) is 71.3 Å². The Kier molecular flexibility index (Phi) is 4.54. The fraction of sp³-hybridized carbons (Fsp3) is 0.296. The third kappa shape index (κ3) is 3.27. The SMILES string of the molecule is CCOc1cc([C@H]2Nc3ccc4ccccc4c3C3=C2CC(C)(C)CC3=O)ccc1O. The number of rotatable bonds is 3. The molecular weight excluding hydrogens is 386 g/mol. The molecule has 2 N–H and O–H groups in total. The lowest BCUT2D eigenvalue weighted by atomic mass is 9.68. The van der Waals surface area contributed by atoms with E-state index in [1.54, 1.807) is 6.07 Å². The number of fused-ring (bicyclic) bond motifs is 4. The lowest BCUT2D eigenvalue weighted by Crippen LogP contribution is -2.32. The number of ether oxygens (including phenoxy) is 1. The molecule has 5 rings (SSSR count). The molecular formula is C27H27NO3. The van der Waals surface area contributed by atoms with Crippen LogP contribution < -0.4 is 10.1 Å². The average molecular weight is 414 g/mol. The zero-order valence-electron chi connectivity index (χ0n) is 18.2. The van der Waals surface area contributed by atoms with Gasteiger partial charge in [-0.1, -0.05) is 50.2 Å². The Balaban J connectivity index is 1.75. The normalized spacial score (nSPS) is 19.6. The Morgan fingerprint density at radius 3 is 2.71 bits per heavy atom. The van der Waals surface area contributed by atoms with E-state index < -0.39 is 0 Å². The van der Waals surface area contributed by atoms with Crippen LogP contribution in [0.25, 0.3) is 16.3 Å². The van der Waals surface area contributed by atoms with Gasteiger partial charge in [0.05, 0.1) is 12.6 Å². The van der Waals surface area contributed by atoms with E-state index in [2.05, 4.69) is 43.4 Å². The minimum atomic E-state index is -0.146. The molecule has 1 atom stereocenters. The Morgan fingerprint density at radius 2 is 1.90 bits per heavy atom. The summed E-state index contributed by atoms with van der Waals surface area (Å²) in [5, 5.41) is 16.1. The van der Waals surface area contributed by atoms with Crippen LogP contribution in [-0.2, 0) is 4.79 Å². The molecule has 0 amide bonds. The maximum Gasteiger partial charge on any atom is 0.164 e. The van der Waals surface area contributed by atoms with Gasteiger partial charge in [-0.25, -0.2) is 0 Å². The Bertz CT molecular complexity index is 1240. The molecule has 0 radical (unpaired) electrons. The van der Waals surface area contributed by atoms with Crippen LogP contribution in [0.4, 0.5) is 5.69 Å². The third-order valence-electron chi connectivity index (χ3n) is 6.35. The van der Waals surface area contributed by atoms with Crippen molar-refractivity contribution in [3.63, 3.8) is 0 Å². The largest absolute Gasteiger partial charge is 0.504 e. The second-order valence-corrected chi connectivity index (χ2v) is 9.29. The summed E-state index contributed by atoms with van der Waals surface area (Å²) in [5.74, 6) is 0.802. The van der Waals surface area contributed by atoms with E-state index in [0.29, 0.717) is 18.8 Å². The monoisotopic (exact) mass is 413 g/mol. The minimum absolute atomic E-state index is 0.0996. The summed E-state index contributed by atoms with van der Waals surface area (Å²) in [6.45, 7) is 6.69. The molecule has 0 fully saturated rings. The first kappa shape index (κ1) is 19.7. The van der Waals surface area contributed by atoms with Crippen molar-refractivity contribution in [3.8, 4) is 11.5 Å². The van der Waals surface area contributed by atoms with Crippen LogP contribution >= 0.6 is 0 Å². The molecule has 0 bridgehead atoms. The van der Waals surface area contributed by atoms with E-state index in [1.165, 1.54) is 0 Å². The van der Waals surface area contributed by atoms with Gasteiger partial charge < -0.3 is 15.2 Å². The standard InChI is InChI=1S/C27H27NO3/c1-4-31-23-13-17(10-12-21(23)29)26-19-14-27(2,3)15-22(30)25(19)24-18-8-6-5-7-16(18)9-11-20(24)28-26/h5-13,26,28-29H,4,14-15H2,1-3H3/t26-/m1/s1.